The molecule has 0 aliphatic heterocycles. The highest BCUT2D eigenvalue weighted by molar-refractivity contribution is 5.91. The molecule has 0 aliphatic rings. The standard InChI is InChI=1S/C11H15N5O2/c1-7(2)16-4-3-8(13-16)5-15-6-9(12)10(14-15)11(17)18/h3-4,6-7H,5,12H2,1-2H3,(H,17,18). The zero-order chi connectivity index (χ0) is 13.3. The van der Waals surface area contributed by atoms with Crippen LogP contribution in [0.1, 0.15) is 36.1 Å². The molecule has 2 rings (SSSR count). The van der Waals surface area contributed by atoms with E-state index in [9.17, 15) is 4.79 Å². The fraction of sp³-hybridized carbons (Fsp3) is 0.364. The first-order valence-corrected chi connectivity index (χ1v) is 5.57. The van der Waals surface area contributed by atoms with Crippen molar-refractivity contribution in [2.45, 2.75) is 26.4 Å². The Morgan fingerprint density at radius 3 is 2.72 bits per heavy atom. The second kappa shape index (κ2) is 4.52. The molecule has 0 spiro atoms. The highest BCUT2D eigenvalue weighted by Gasteiger charge is 2.13. The first-order valence-electron chi connectivity index (χ1n) is 5.57. The van der Waals surface area contributed by atoms with Gasteiger partial charge in [0.1, 0.15) is 0 Å². The van der Waals surface area contributed by atoms with E-state index < -0.39 is 5.97 Å². The van der Waals surface area contributed by atoms with Crippen molar-refractivity contribution in [2.75, 3.05) is 5.73 Å². The summed E-state index contributed by atoms with van der Waals surface area (Å²) in [5, 5.41) is 17.1. The molecule has 0 atom stereocenters. The summed E-state index contributed by atoms with van der Waals surface area (Å²) in [6.45, 7) is 4.47. The maximum Gasteiger partial charge on any atom is 0.358 e. The average Bonchev–Trinajstić information content (AvgIpc) is 2.86. The van der Waals surface area contributed by atoms with Gasteiger partial charge in [0.05, 0.1) is 17.9 Å². The molecule has 2 aromatic rings. The highest BCUT2D eigenvalue weighted by Crippen LogP contribution is 2.11. The van der Waals surface area contributed by atoms with Gasteiger partial charge in [-0.3, -0.25) is 9.36 Å². The Morgan fingerprint density at radius 1 is 1.50 bits per heavy atom. The van der Waals surface area contributed by atoms with Crippen LogP contribution in [0, 0.1) is 0 Å². The number of aromatic nitrogens is 4. The third kappa shape index (κ3) is 2.34. The Hall–Kier alpha value is -2.31. The smallest absolute Gasteiger partial charge is 0.358 e. The van der Waals surface area contributed by atoms with Crippen molar-refractivity contribution in [1.29, 1.82) is 0 Å². The van der Waals surface area contributed by atoms with Crippen LogP contribution in [0.3, 0.4) is 0 Å². The molecule has 0 amide bonds. The van der Waals surface area contributed by atoms with E-state index in [0.29, 0.717) is 6.54 Å². The van der Waals surface area contributed by atoms with E-state index in [1.807, 2.05) is 30.8 Å². The van der Waals surface area contributed by atoms with Gasteiger partial charge in [-0.15, -0.1) is 0 Å². The first kappa shape index (κ1) is 12.2. The molecule has 0 saturated heterocycles. The number of nitrogens with zero attached hydrogens (tertiary/aromatic N) is 4. The minimum absolute atomic E-state index is 0.127. The molecule has 0 unspecified atom stereocenters. The molecule has 7 heteroatoms. The van der Waals surface area contributed by atoms with Crippen LogP contribution in [0.25, 0.3) is 0 Å². The zero-order valence-electron chi connectivity index (χ0n) is 10.2. The van der Waals surface area contributed by atoms with Crippen LogP contribution in [0.15, 0.2) is 18.5 Å². The maximum atomic E-state index is 10.8. The summed E-state index contributed by atoms with van der Waals surface area (Å²) in [6, 6.07) is 2.16. The number of nitrogen functional groups attached to an aromatic ring is 1. The van der Waals surface area contributed by atoms with E-state index in [4.69, 9.17) is 10.8 Å². The van der Waals surface area contributed by atoms with Gasteiger partial charge in [0.25, 0.3) is 0 Å². The van der Waals surface area contributed by atoms with Gasteiger partial charge in [-0.2, -0.15) is 10.2 Å². The third-order valence-corrected chi connectivity index (χ3v) is 2.51. The van der Waals surface area contributed by atoms with E-state index in [1.165, 1.54) is 10.9 Å². The van der Waals surface area contributed by atoms with Crippen molar-refractivity contribution in [3.05, 3.63) is 29.8 Å². The zero-order valence-corrected chi connectivity index (χ0v) is 10.2. The van der Waals surface area contributed by atoms with Crippen molar-refractivity contribution < 1.29 is 9.90 Å². The summed E-state index contributed by atoms with van der Waals surface area (Å²) >= 11 is 0. The normalized spacial score (nSPS) is 11.1. The van der Waals surface area contributed by atoms with Gasteiger partial charge in [-0.1, -0.05) is 0 Å². The SMILES string of the molecule is CC(C)n1ccc(Cn2cc(N)c(C(=O)O)n2)n1. The van der Waals surface area contributed by atoms with Crippen molar-refractivity contribution >= 4 is 11.7 Å². The quantitative estimate of drug-likeness (QED) is 0.841. The summed E-state index contributed by atoms with van der Waals surface area (Å²) in [5.41, 5.74) is 6.40. The molecule has 0 fully saturated rings. The predicted molar refractivity (Wildman–Crippen MR) is 65.3 cm³/mol. The number of nitrogens with two attached hydrogens (primary N) is 1. The first-order chi connectivity index (χ1) is 8.47. The molecule has 96 valence electrons. The fourth-order valence-corrected chi connectivity index (χ4v) is 1.60. The van der Waals surface area contributed by atoms with Crippen LogP contribution in [0.4, 0.5) is 5.69 Å². The number of carboxylic acid groups (broad SMARTS) is 1. The Labute approximate surface area is 104 Å². The monoisotopic (exact) mass is 249 g/mol. The molecular formula is C11H15N5O2. The van der Waals surface area contributed by atoms with Gasteiger partial charge in [0, 0.05) is 18.4 Å². The van der Waals surface area contributed by atoms with Gasteiger partial charge < -0.3 is 10.8 Å². The second-order valence-corrected chi connectivity index (χ2v) is 4.32. The van der Waals surface area contributed by atoms with Gasteiger partial charge in [0.2, 0.25) is 0 Å². The number of anilines is 1. The van der Waals surface area contributed by atoms with Crippen LogP contribution in [-0.2, 0) is 6.54 Å². The van der Waals surface area contributed by atoms with Gasteiger partial charge in [0.15, 0.2) is 5.69 Å². The van der Waals surface area contributed by atoms with Crippen molar-refractivity contribution in [3.8, 4) is 0 Å². The Bertz CT molecular complexity index is 570. The summed E-state index contributed by atoms with van der Waals surface area (Å²) in [6.07, 6.45) is 3.38. The van der Waals surface area contributed by atoms with Gasteiger partial charge in [-0.05, 0) is 19.9 Å². The number of hydrogen-bond donors (Lipinski definition) is 2. The number of rotatable bonds is 4. The van der Waals surface area contributed by atoms with Crippen molar-refractivity contribution in [1.82, 2.24) is 19.6 Å². The van der Waals surface area contributed by atoms with E-state index in [0.717, 1.165) is 5.69 Å². The van der Waals surface area contributed by atoms with E-state index in [-0.39, 0.29) is 17.4 Å². The molecule has 0 radical (unpaired) electrons. The van der Waals surface area contributed by atoms with E-state index in [1.54, 1.807) is 0 Å². The van der Waals surface area contributed by atoms with Crippen LogP contribution >= 0.6 is 0 Å². The summed E-state index contributed by atoms with van der Waals surface area (Å²) in [5.74, 6) is -1.13. The minimum atomic E-state index is -1.13. The fourth-order valence-electron chi connectivity index (χ4n) is 1.60. The van der Waals surface area contributed by atoms with Gasteiger partial charge in [-0.25, -0.2) is 4.79 Å². The number of hydrogen-bond acceptors (Lipinski definition) is 4. The molecule has 2 heterocycles. The Morgan fingerprint density at radius 2 is 2.22 bits per heavy atom. The molecule has 0 saturated carbocycles. The number of carbonyl (C=O) groups is 1. The third-order valence-electron chi connectivity index (χ3n) is 2.51. The lowest BCUT2D eigenvalue weighted by Gasteiger charge is -2.03. The molecule has 2 aromatic heterocycles. The van der Waals surface area contributed by atoms with E-state index in [2.05, 4.69) is 10.2 Å². The summed E-state index contributed by atoms with van der Waals surface area (Å²) in [4.78, 5) is 10.8. The average molecular weight is 249 g/mol. The molecule has 0 bridgehead atoms. The number of carboxylic acids is 1. The predicted octanol–water partition coefficient (Wildman–Crippen LogP) is 0.989. The Balaban J connectivity index is 2.18. The lowest BCUT2D eigenvalue weighted by Crippen LogP contribution is -2.06. The van der Waals surface area contributed by atoms with E-state index >= 15 is 0 Å². The lowest BCUT2D eigenvalue weighted by molar-refractivity contribution is 0.0690. The molecule has 3 N–H and O–H groups in total. The van der Waals surface area contributed by atoms with Crippen LogP contribution in [0.5, 0.6) is 0 Å². The van der Waals surface area contributed by atoms with Crippen molar-refractivity contribution in [2.24, 2.45) is 0 Å². The largest absolute Gasteiger partial charge is 0.476 e. The molecular weight excluding hydrogens is 234 g/mol. The Kier molecular flexibility index (Phi) is 3.05. The number of aromatic carboxylic acids is 1. The van der Waals surface area contributed by atoms with Crippen molar-refractivity contribution in [3.63, 3.8) is 0 Å². The lowest BCUT2D eigenvalue weighted by atomic mass is 10.4. The molecule has 0 aromatic carbocycles. The molecule has 18 heavy (non-hydrogen) atoms. The topological polar surface area (TPSA) is 99.0 Å². The maximum absolute atomic E-state index is 10.8. The van der Waals surface area contributed by atoms with Crippen LogP contribution in [-0.4, -0.2) is 30.6 Å². The van der Waals surface area contributed by atoms with Gasteiger partial charge >= 0.3 is 5.97 Å². The molecule has 0 aliphatic carbocycles. The minimum Gasteiger partial charge on any atom is -0.476 e. The summed E-state index contributed by atoms with van der Waals surface area (Å²) in [7, 11) is 0. The second-order valence-electron chi connectivity index (χ2n) is 4.32. The molecule has 7 nitrogen and oxygen atoms in total. The summed E-state index contributed by atoms with van der Waals surface area (Å²) < 4.78 is 3.31. The van der Waals surface area contributed by atoms with Crippen LogP contribution in [0.2, 0.25) is 0 Å². The highest BCUT2D eigenvalue weighted by atomic mass is 16.4. The van der Waals surface area contributed by atoms with Crippen LogP contribution < -0.4 is 5.73 Å².